The van der Waals surface area contributed by atoms with Crippen LogP contribution in [0.4, 0.5) is 0 Å². The van der Waals surface area contributed by atoms with Gasteiger partial charge in [0.15, 0.2) is 0 Å². The molecule has 1 fully saturated rings. The molecule has 0 spiro atoms. The lowest BCUT2D eigenvalue weighted by molar-refractivity contribution is 0.0930. The molecular formula is C22H24N4O3. The Morgan fingerprint density at radius 1 is 1.07 bits per heavy atom. The summed E-state index contributed by atoms with van der Waals surface area (Å²) in [7, 11) is 0. The van der Waals surface area contributed by atoms with Crippen molar-refractivity contribution in [2.45, 2.75) is 19.4 Å². The fourth-order valence-electron chi connectivity index (χ4n) is 3.98. The number of aromatic nitrogens is 2. The highest BCUT2D eigenvalue weighted by atomic mass is 16.2. The lowest BCUT2D eigenvalue weighted by Gasteiger charge is -2.32. The van der Waals surface area contributed by atoms with E-state index in [2.05, 4.69) is 20.2 Å². The molecule has 1 unspecified atom stereocenters. The highest BCUT2D eigenvalue weighted by Crippen LogP contribution is 2.18. The monoisotopic (exact) mass is 392 g/mol. The Hall–Kier alpha value is -3.19. The summed E-state index contributed by atoms with van der Waals surface area (Å²) in [6, 6.07) is 15.1. The van der Waals surface area contributed by atoms with Gasteiger partial charge in [-0.15, -0.1) is 0 Å². The number of nitrogens with zero attached hydrogens (tertiary/aromatic N) is 1. The van der Waals surface area contributed by atoms with E-state index < -0.39 is 5.69 Å². The standard InChI is InChI=1S/C22H24N4O3/c27-20-11-19(24-22(29)25-20)14-26-9-3-4-15(13-26)12-23-21(28)18-8-7-16-5-1-2-6-17(16)10-18/h1-2,5-8,10-11,15H,3-4,9,12-14H2,(H,23,28)(H2,24,25,27,29). The zero-order valence-electron chi connectivity index (χ0n) is 16.1. The van der Waals surface area contributed by atoms with E-state index in [-0.39, 0.29) is 11.5 Å². The molecule has 1 aliphatic rings. The number of rotatable bonds is 5. The van der Waals surface area contributed by atoms with Gasteiger partial charge in [-0.3, -0.25) is 19.5 Å². The normalized spacial score (nSPS) is 17.3. The van der Waals surface area contributed by atoms with Gasteiger partial charge in [-0.1, -0.05) is 30.3 Å². The van der Waals surface area contributed by atoms with Gasteiger partial charge in [-0.25, -0.2) is 4.79 Å². The molecule has 1 aromatic heterocycles. The van der Waals surface area contributed by atoms with E-state index in [0.717, 1.165) is 36.7 Å². The number of H-pyrrole nitrogens is 2. The largest absolute Gasteiger partial charge is 0.352 e. The maximum atomic E-state index is 12.6. The average Bonchev–Trinajstić information content (AvgIpc) is 2.71. The van der Waals surface area contributed by atoms with Gasteiger partial charge in [-0.05, 0) is 48.2 Å². The number of hydrogen-bond acceptors (Lipinski definition) is 4. The van der Waals surface area contributed by atoms with Crippen LogP contribution in [-0.4, -0.2) is 40.4 Å². The molecule has 0 aliphatic carbocycles. The number of benzene rings is 2. The minimum Gasteiger partial charge on any atom is -0.352 e. The Morgan fingerprint density at radius 3 is 2.72 bits per heavy atom. The average molecular weight is 392 g/mol. The van der Waals surface area contributed by atoms with Crippen molar-refractivity contribution in [2.75, 3.05) is 19.6 Å². The number of nitrogens with one attached hydrogen (secondary N) is 3. The first kappa shape index (κ1) is 19.1. The van der Waals surface area contributed by atoms with Crippen molar-refractivity contribution in [1.29, 1.82) is 0 Å². The lowest BCUT2D eigenvalue weighted by Crippen LogP contribution is -2.41. The summed E-state index contributed by atoms with van der Waals surface area (Å²) in [5.74, 6) is 0.272. The van der Waals surface area contributed by atoms with Crippen LogP contribution in [0.2, 0.25) is 0 Å². The molecule has 0 saturated carbocycles. The second-order valence-corrected chi connectivity index (χ2v) is 7.63. The number of likely N-dealkylation sites (tertiary alicyclic amines) is 1. The molecule has 7 nitrogen and oxygen atoms in total. The third-order valence-electron chi connectivity index (χ3n) is 5.38. The number of amides is 1. The smallest absolute Gasteiger partial charge is 0.325 e. The number of hydrogen-bond donors (Lipinski definition) is 3. The first-order valence-corrected chi connectivity index (χ1v) is 9.89. The maximum absolute atomic E-state index is 12.6. The van der Waals surface area contributed by atoms with E-state index in [4.69, 9.17) is 0 Å². The SMILES string of the molecule is O=C(NCC1CCCN(Cc2cc(=O)[nH]c(=O)[nH]2)C1)c1ccc2ccccc2c1. The summed E-state index contributed by atoms with van der Waals surface area (Å²) < 4.78 is 0. The fourth-order valence-corrected chi connectivity index (χ4v) is 3.98. The van der Waals surface area contributed by atoms with Crippen molar-refractivity contribution in [3.63, 3.8) is 0 Å². The van der Waals surface area contributed by atoms with Crippen LogP contribution in [0.1, 0.15) is 28.9 Å². The summed E-state index contributed by atoms with van der Waals surface area (Å²) in [5, 5.41) is 5.22. The van der Waals surface area contributed by atoms with Gasteiger partial charge in [-0.2, -0.15) is 0 Å². The molecule has 29 heavy (non-hydrogen) atoms. The molecule has 3 aromatic rings. The number of fused-ring (bicyclic) bond motifs is 1. The van der Waals surface area contributed by atoms with Crippen LogP contribution in [0.3, 0.4) is 0 Å². The molecule has 0 radical (unpaired) electrons. The molecular weight excluding hydrogens is 368 g/mol. The molecule has 2 heterocycles. The van der Waals surface area contributed by atoms with E-state index in [0.29, 0.717) is 30.3 Å². The zero-order valence-corrected chi connectivity index (χ0v) is 16.1. The lowest BCUT2D eigenvalue weighted by atomic mass is 9.97. The Kier molecular flexibility index (Phi) is 5.57. The van der Waals surface area contributed by atoms with Gasteiger partial charge >= 0.3 is 5.69 Å². The van der Waals surface area contributed by atoms with Crippen LogP contribution in [0.5, 0.6) is 0 Å². The topological polar surface area (TPSA) is 98.1 Å². The molecule has 1 aliphatic heterocycles. The molecule has 0 bridgehead atoms. The summed E-state index contributed by atoms with van der Waals surface area (Å²) in [5.41, 5.74) is 0.403. The van der Waals surface area contributed by atoms with Crippen molar-refractivity contribution in [3.05, 3.63) is 80.6 Å². The van der Waals surface area contributed by atoms with Gasteiger partial charge in [0.05, 0.1) is 0 Å². The van der Waals surface area contributed by atoms with Crippen molar-refractivity contribution >= 4 is 16.7 Å². The molecule has 1 amide bonds. The minimum absolute atomic E-state index is 0.0631. The Labute approximate surface area is 167 Å². The molecule has 3 N–H and O–H groups in total. The second-order valence-electron chi connectivity index (χ2n) is 7.63. The summed E-state index contributed by atoms with van der Waals surface area (Å²) in [4.78, 5) is 42.5. The van der Waals surface area contributed by atoms with E-state index in [9.17, 15) is 14.4 Å². The minimum atomic E-state index is -0.483. The van der Waals surface area contributed by atoms with Gasteiger partial charge < -0.3 is 10.3 Å². The van der Waals surface area contributed by atoms with E-state index >= 15 is 0 Å². The van der Waals surface area contributed by atoms with Gasteiger partial charge in [0.2, 0.25) is 0 Å². The molecule has 150 valence electrons. The third kappa shape index (κ3) is 4.81. The molecule has 7 heteroatoms. The summed E-state index contributed by atoms with van der Waals surface area (Å²) in [6.07, 6.45) is 2.06. The quantitative estimate of drug-likeness (QED) is 0.617. The van der Waals surface area contributed by atoms with Crippen LogP contribution >= 0.6 is 0 Å². The van der Waals surface area contributed by atoms with Crippen LogP contribution in [0, 0.1) is 5.92 Å². The second kappa shape index (κ2) is 8.45. The molecule has 2 aromatic carbocycles. The van der Waals surface area contributed by atoms with Crippen LogP contribution in [-0.2, 0) is 6.54 Å². The number of carbonyl (C=O) groups excluding carboxylic acids is 1. The van der Waals surface area contributed by atoms with E-state index in [1.807, 2.05) is 42.5 Å². The Morgan fingerprint density at radius 2 is 1.90 bits per heavy atom. The Balaban J connectivity index is 1.34. The summed E-state index contributed by atoms with van der Waals surface area (Å²) >= 11 is 0. The predicted octanol–water partition coefficient (Wildman–Crippen LogP) is 1.86. The van der Waals surface area contributed by atoms with Crippen LogP contribution in [0.15, 0.2) is 58.1 Å². The molecule has 4 rings (SSSR count). The van der Waals surface area contributed by atoms with Crippen molar-refractivity contribution in [2.24, 2.45) is 5.92 Å². The molecule has 1 saturated heterocycles. The predicted molar refractivity (Wildman–Crippen MR) is 112 cm³/mol. The van der Waals surface area contributed by atoms with E-state index in [1.165, 1.54) is 6.07 Å². The summed E-state index contributed by atoms with van der Waals surface area (Å²) in [6.45, 7) is 2.85. The van der Waals surface area contributed by atoms with Crippen molar-refractivity contribution in [1.82, 2.24) is 20.2 Å². The number of aromatic amines is 2. The van der Waals surface area contributed by atoms with Crippen molar-refractivity contribution in [3.8, 4) is 0 Å². The number of piperidine rings is 1. The third-order valence-corrected chi connectivity index (χ3v) is 5.38. The first-order chi connectivity index (χ1) is 14.1. The van der Waals surface area contributed by atoms with E-state index in [1.54, 1.807) is 0 Å². The Bertz CT molecular complexity index is 1110. The highest BCUT2D eigenvalue weighted by molar-refractivity contribution is 5.98. The van der Waals surface area contributed by atoms with Crippen molar-refractivity contribution < 1.29 is 4.79 Å². The van der Waals surface area contributed by atoms with Crippen LogP contribution in [0.25, 0.3) is 10.8 Å². The fraction of sp³-hybridized carbons (Fsp3) is 0.318. The molecule has 1 atom stereocenters. The first-order valence-electron chi connectivity index (χ1n) is 9.89. The zero-order chi connectivity index (χ0) is 20.2. The van der Waals surface area contributed by atoms with Gasteiger partial charge in [0.1, 0.15) is 0 Å². The van der Waals surface area contributed by atoms with Crippen LogP contribution < -0.4 is 16.6 Å². The van der Waals surface area contributed by atoms with Gasteiger partial charge in [0.25, 0.3) is 11.5 Å². The maximum Gasteiger partial charge on any atom is 0.325 e. The highest BCUT2D eigenvalue weighted by Gasteiger charge is 2.21. The number of carbonyl (C=O) groups is 1. The van der Waals surface area contributed by atoms with Gasteiger partial charge in [0, 0.05) is 37.0 Å².